The maximum atomic E-state index is 12.0. The predicted octanol–water partition coefficient (Wildman–Crippen LogP) is 0.107. The monoisotopic (exact) mass is 286 g/mol. The summed E-state index contributed by atoms with van der Waals surface area (Å²) in [6.07, 6.45) is 3.99. The molecule has 1 saturated carbocycles. The van der Waals surface area contributed by atoms with Crippen LogP contribution in [0.15, 0.2) is 17.2 Å². The van der Waals surface area contributed by atoms with E-state index in [1.165, 1.54) is 19.0 Å². The highest BCUT2D eigenvalue weighted by Crippen LogP contribution is 2.24. The Morgan fingerprint density at radius 2 is 2.21 bits per heavy atom. The normalized spacial score (nSPS) is 16.2. The lowest BCUT2D eigenvalue weighted by molar-refractivity contribution is 0.329. The second kappa shape index (κ2) is 6.04. The molecule has 0 aliphatic heterocycles. The fraction of sp³-hybridized carbons (Fsp3) is 0.667. The van der Waals surface area contributed by atoms with Gasteiger partial charge in [0.2, 0.25) is 10.0 Å². The van der Waals surface area contributed by atoms with Gasteiger partial charge in [-0.2, -0.15) is 0 Å². The van der Waals surface area contributed by atoms with Gasteiger partial charge >= 0.3 is 0 Å². The van der Waals surface area contributed by atoms with Gasteiger partial charge in [-0.25, -0.2) is 13.1 Å². The second-order valence-corrected chi connectivity index (χ2v) is 6.77. The van der Waals surface area contributed by atoms with E-state index in [1.807, 2.05) is 14.1 Å². The van der Waals surface area contributed by atoms with Crippen LogP contribution in [0.5, 0.6) is 0 Å². The maximum Gasteiger partial charge on any atom is 0.242 e. The Labute approximate surface area is 114 Å². The molecule has 1 fully saturated rings. The topological polar surface area (TPSA) is 77.2 Å². The minimum absolute atomic E-state index is 0.298. The fourth-order valence-corrected chi connectivity index (χ4v) is 3.04. The summed E-state index contributed by atoms with van der Waals surface area (Å²) in [6.45, 7) is 1.82. The van der Waals surface area contributed by atoms with Crippen LogP contribution in [0.4, 0.5) is 0 Å². The number of aromatic nitrogens is 1. The average Bonchev–Trinajstić information content (AvgIpc) is 3.09. The van der Waals surface area contributed by atoms with Gasteiger partial charge < -0.3 is 15.2 Å². The molecule has 0 amide bonds. The van der Waals surface area contributed by atoms with Gasteiger partial charge in [0.25, 0.3) is 0 Å². The molecule has 0 aromatic carbocycles. The zero-order valence-corrected chi connectivity index (χ0v) is 12.3. The van der Waals surface area contributed by atoms with Crippen LogP contribution in [0.1, 0.15) is 18.5 Å². The number of nitrogens with zero attached hydrogens (tertiary/aromatic N) is 1. The number of hydrogen-bond acceptors (Lipinski definition) is 4. The second-order valence-electron chi connectivity index (χ2n) is 5.00. The Morgan fingerprint density at radius 1 is 1.47 bits per heavy atom. The van der Waals surface area contributed by atoms with Crippen LogP contribution in [-0.2, 0) is 16.6 Å². The molecule has 0 radical (unpaired) electrons. The predicted molar refractivity (Wildman–Crippen MR) is 74.4 cm³/mol. The van der Waals surface area contributed by atoms with Crippen LogP contribution in [0.3, 0.4) is 0 Å². The Bertz CT molecular complexity index is 508. The van der Waals surface area contributed by atoms with E-state index in [9.17, 15) is 8.42 Å². The number of nitrogens with one attached hydrogen (secondary N) is 3. The molecule has 1 aliphatic carbocycles. The summed E-state index contributed by atoms with van der Waals surface area (Å²) in [5.74, 6) is 0. The van der Waals surface area contributed by atoms with E-state index in [0.717, 1.165) is 12.2 Å². The first-order chi connectivity index (χ1) is 9.03. The number of hydrogen-bond donors (Lipinski definition) is 3. The lowest BCUT2D eigenvalue weighted by Gasteiger charge is -2.15. The SMILES string of the molecule is CNCc1cc(S(=O)(=O)NCCN(C)C2CC2)c[nH]1. The Kier molecular flexibility index (Phi) is 4.62. The van der Waals surface area contributed by atoms with E-state index in [2.05, 4.69) is 19.9 Å². The lowest BCUT2D eigenvalue weighted by Crippen LogP contribution is -2.33. The summed E-state index contributed by atoms with van der Waals surface area (Å²) in [5, 5.41) is 2.97. The zero-order valence-electron chi connectivity index (χ0n) is 11.4. The minimum Gasteiger partial charge on any atom is -0.363 e. The highest BCUT2D eigenvalue weighted by Gasteiger charge is 2.26. The molecule has 2 rings (SSSR count). The summed E-state index contributed by atoms with van der Waals surface area (Å²) < 4.78 is 26.7. The van der Waals surface area contributed by atoms with Crippen molar-refractivity contribution < 1.29 is 8.42 Å². The van der Waals surface area contributed by atoms with Crippen molar-refractivity contribution in [1.82, 2.24) is 19.9 Å². The first kappa shape index (κ1) is 14.5. The van der Waals surface area contributed by atoms with E-state index in [0.29, 0.717) is 24.0 Å². The van der Waals surface area contributed by atoms with Crippen LogP contribution in [-0.4, -0.2) is 51.5 Å². The Hall–Kier alpha value is -0.890. The highest BCUT2D eigenvalue weighted by molar-refractivity contribution is 7.89. The fourth-order valence-electron chi connectivity index (χ4n) is 2.00. The van der Waals surface area contributed by atoms with Gasteiger partial charge in [-0.1, -0.05) is 0 Å². The van der Waals surface area contributed by atoms with Gasteiger partial charge in [0, 0.05) is 37.6 Å². The molecular weight excluding hydrogens is 264 g/mol. The molecule has 0 spiro atoms. The molecule has 1 heterocycles. The van der Waals surface area contributed by atoms with Gasteiger partial charge in [-0.05, 0) is 33.0 Å². The smallest absolute Gasteiger partial charge is 0.242 e. The quantitative estimate of drug-likeness (QED) is 0.634. The van der Waals surface area contributed by atoms with Gasteiger partial charge in [0.1, 0.15) is 0 Å². The van der Waals surface area contributed by atoms with Gasteiger partial charge in [0.05, 0.1) is 4.90 Å². The first-order valence-corrected chi connectivity index (χ1v) is 8.03. The molecular formula is C12H22N4O2S. The van der Waals surface area contributed by atoms with Crippen molar-refractivity contribution in [3.05, 3.63) is 18.0 Å². The number of H-pyrrole nitrogens is 1. The summed E-state index contributed by atoms with van der Waals surface area (Å²) in [7, 11) is 0.461. The lowest BCUT2D eigenvalue weighted by atomic mass is 10.4. The zero-order chi connectivity index (χ0) is 13.9. The highest BCUT2D eigenvalue weighted by atomic mass is 32.2. The van der Waals surface area contributed by atoms with Crippen molar-refractivity contribution in [2.45, 2.75) is 30.3 Å². The summed E-state index contributed by atoms with van der Waals surface area (Å²) in [4.78, 5) is 5.45. The molecule has 0 unspecified atom stereocenters. The van der Waals surface area contributed by atoms with Crippen molar-refractivity contribution in [3.63, 3.8) is 0 Å². The Balaban J connectivity index is 1.85. The molecule has 7 heteroatoms. The van der Waals surface area contributed by atoms with Crippen LogP contribution < -0.4 is 10.0 Å². The van der Waals surface area contributed by atoms with E-state index in [1.54, 1.807) is 6.07 Å². The van der Waals surface area contributed by atoms with Gasteiger partial charge in [0.15, 0.2) is 0 Å². The Morgan fingerprint density at radius 3 is 2.84 bits per heavy atom. The van der Waals surface area contributed by atoms with Crippen LogP contribution in [0.2, 0.25) is 0 Å². The van der Waals surface area contributed by atoms with Crippen LogP contribution >= 0.6 is 0 Å². The number of sulfonamides is 1. The minimum atomic E-state index is -3.39. The van der Waals surface area contributed by atoms with Gasteiger partial charge in [-0.15, -0.1) is 0 Å². The van der Waals surface area contributed by atoms with E-state index in [4.69, 9.17) is 0 Å². The third-order valence-electron chi connectivity index (χ3n) is 3.32. The van der Waals surface area contributed by atoms with E-state index < -0.39 is 10.0 Å². The maximum absolute atomic E-state index is 12.0. The van der Waals surface area contributed by atoms with Crippen molar-refractivity contribution in [1.29, 1.82) is 0 Å². The molecule has 1 aliphatic rings. The average molecular weight is 286 g/mol. The summed E-state index contributed by atoms with van der Waals surface area (Å²) in [5.41, 5.74) is 0.859. The van der Waals surface area contributed by atoms with Crippen LogP contribution in [0, 0.1) is 0 Å². The standard InChI is InChI=1S/C12H22N4O2S/c1-13-8-10-7-12(9-14-10)19(17,18)15-5-6-16(2)11-3-4-11/h7,9,11,13-15H,3-6,8H2,1-2H3. The molecule has 0 bridgehead atoms. The summed E-state index contributed by atoms with van der Waals surface area (Å²) >= 11 is 0. The number of rotatable bonds is 8. The van der Waals surface area contributed by atoms with Gasteiger partial charge in [-0.3, -0.25) is 0 Å². The molecule has 0 saturated heterocycles. The summed E-state index contributed by atoms with van der Waals surface area (Å²) in [6, 6.07) is 2.31. The van der Waals surface area contributed by atoms with Crippen molar-refractivity contribution in [3.8, 4) is 0 Å². The molecule has 3 N–H and O–H groups in total. The first-order valence-electron chi connectivity index (χ1n) is 6.55. The molecule has 108 valence electrons. The van der Waals surface area contributed by atoms with Crippen LogP contribution in [0.25, 0.3) is 0 Å². The molecule has 1 aromatic heterocycles. The third kappa shape index (κ3) is 4.04. The molecule has 19 heavy (non-hydrogen) atoms. The van der Waals surface area contributed by atoms with Crippen molar-refractivity contribution in [2.24, 2.45) is 0 Å². The van der Waals surface area contributed by atoms with Crippen molar-refractivity contribution >= 4 is 10.0 Å². The third-order valence-corrected chi connectivity index (χ3v) is 4.76. The van der Waals surface area contributed by atoms with Crippen molar-refractivity contribution in [2.75, 3.05) is 27.2 Å². The van der Waals surface area contributed by atoms with E-state index >= 15 is 0 Å². The number of aromatic amines is 1. The molecule has 6 nitrogen and oxygen atoms in total. The molecule has 1 aromatic rings. The largest absolute Gasteiger partial charge is 0.363 e. The number of likely N-dealkylation sites (N-methyl/N-ethyl adjacent to an activating group) is 1. The molecule has 0 atom stereocenters. The van der Waals surface area contributed by atoms with E-state index in [-0.39, 0.29) is 0 Å².